The van der Waals surface area contributed by atoms with Crippen LogP contribution in [-0.4, -0.2) is 18.6 Å². The standard InChI is InChI=1S/C13H9ClFN3O2S/c14-9-2-4-11(15)13(5-9)21(19,20)18-10-3-1-8-7-16-17-12(8)6-10/h1-7,18H,(H,16,17). The number of fused-ring (bicyclic) bond motifs is 1. The van der Waals surface area contributed by atoms with E-state index >= 15 is 0 Å². The fourth-order valence-corrected chi connectivity index (χ4v) is 3.28. The van der Waals surface area contributed by atoms with Gasteiger partial charge in [0.05, 0.1) is 17.4 Å². The van der Waals surface area contributed by atoms with Gasteiger partial charge in [-0.15, -0.1) is 0 Å². The summed E-state index contributed by atoms with van der Waals surface area (Å²) in [5.74, 6) is -0.866. The van der Waals surface area contributed by atoms with Gasteiger partial charge in [-0.1, -0.05) is 11.6 Å². The lowest BCUT2D eigenvalue weighted by Crippen LogP contribution is -2.14. The molecule has 0 bridgehead atoms. The number of H-pyrrole nitrogens is 1. The highest BCUT2D eigenvalue weighted by molar-refractivity contribution is 7.92. The van der Waals surface area contributed by atoms with Crippen LogP contribution in [0.15, 0.2) is 47.5 Å². The summed E-state index contributed by atoms with van der Waals surface area (Å²) in [6.45, 7) is 0. The number of rotatable bonds is 3. The van der Waals surface area contributed by atoms with Crippen molar-refractivity contribution in [3.63, 3.8) is 0 Å². The first-order valence-corrected chi connectivity index (χ1v) is 7.73. The molecular formula is C13H9ClFN3O2S. The Morgan fingerprint density at radius 3 is 2.81 bits per heavy atom. The van der Waals surface area contributed by atoms with Crippen LogP contribution in [0.3, 0.4) is 0 Å². The quantitative estimate of drug-likeness (QED) is 0.776. The van der Waals surface area contributed by atoms with Gasteiger partial charge in [0.15, 0.2) is 0 Å². The van der Waals surface area contributed by atoms with E-state index in [-0.39, 0.29) is 5.02 Å². The molecule has 0 spiro atoms. The van der Waals surface area contributed by atoms with Crippen molar-refractivity contribution < 1.29 is 12.8 Å². The van der Waals surface area contributed by atoms with Crippen molar-refractivity contribution >= 4 is 38.2 Å². The van der Waals surface area contributed by atoms with E-state index in [9.17, 15) is 12.8 Å². The van der Waals surface area contributed by atoms with E-state index in [0.29, 0.717) is 11.2 Å². The molecule has 0 unspecified atom stereocenters. The first-order valence-electron chi connectivity index (χ1n) is 5.87. The van der Waals surface area contributed by atoms with Gasteiger partial charge in [-0.3, -0.25) is 9.82 Å². The van der Waals surface area contributed by atoms with Crippen molar-refractivity contribution in [3.8, 4) is 0 Å². The molecule has 1 heterocycles. The minimum Gasteiger partial charge on any atom is -0.279 e. The number of hydrogen-bond acceptors (Lipinski definition) is 3. The van der Waals surface area contributed by atoms with Crippen molar-refractivity contribution in [2.24, 2.45) is 0 Å². The highest BCUT2D eigenvalue weighted by atomic mass is 35.5. The number of hydrogen-bond donors (Lipinski definition) is 2. The maximum atomic E-state index is 13.7. The Bertz CT molecular complexity index is 924. The molecule has 0 aliphatic heterocycles. The summed E-state index contributed by atoms with van der Waals surface area (Å²) < 4.78 is 40.4. The first kappa shape index (κ1) is 13.8. The number of nitrogens with zero attached hydrogens (tertiary/aromatic N) is 1. The van der Waals surface area contributed by atoms with Gasteiger partial charge in [-0.25, -0.2) is 12.8 Å². The summed E-state index contributed by atoms with van der Waals surface area (Å²) in [5, 5.41) is 7.55. The molecule has 3 aromatic rings. The highest BCUT2D eigenvalue weighted by Crippen LogP contribution is 2.23. The fraction of sp³-hybridized carbons (Fsp3) is 0. The zero-order chi connectivity index (χ0) is 15.0. The van der Waals surface area contributed by atoms with Crippen LogP contribution in [0.5, 0.6) is 0 Å². The third-order valence-corrected chi connectivity index (χ3v) is 4.51. The fourth-order valence-electron chi connectivity index (χ4n) is 1.89. The third kappa shape index (κ3) is 2.70. The number of anilines is 1. The molecule has 108 valence electrons. The van der Waals surface area contributed by atoms with E-state index in [1.54, 1.807) is 24.4 Å². The molecule has 2 aromatic carbocycles. The zero-order valence-corrected chi connectivity index (χ0v) is 12.0. The van der Waals surface area contributed by atoms with Crippen molar-refractivity contribution in [2.45, 2.75) is 4.90 Å². The SMILES string of the molecule is O=S(=O)(Nc1ccc2cn[nH]c2c1)c1cc(Cl)ccc1F. The smallest absolute Gasteiger partial charge is 0.264 e. The lowest BCUT2D eigenvalue weighted by Gasteiger charge is -2.09. The molecular weight excluding hydrogens is 317 g/mol. The maximum absolute atomic E-state index is 13.7. The van der Waals surface area contributed by atoms with E-state index in [4.69, 9.17) is 11.6 Å². The highest BCUT2D eigenvalue weighted by Gasteiger charge is 2.19. The van der Waals surface area contributed by atoms with Crippen LogP contribution in [0.2, 0.25) is 5.02 Å². The molecule has 0 amide bonds. The average Bonchev–Trinajstić information content (AvgIpc) is 2.88. The molecule has 3 rings (SSSR count). The normalized spacial score (nSPS) is 11.7. The molecule has 0 saturated heterocycles. The number of benzene rings is 2. The zero-order valence-electron chi connectivity index (χ0n) is 10.5. The second kappa shape index (κ2) is 5.01. The predicted molar refractivity (Wildman–Crippen MR) is 78.3 cm³/mol. The Morgan fingerprint density at radius 1 is 1.19 bits per heavy atom. The Balaban J connectivity index is 2.00. The molecule has 0 atom stereocenters. The topological polar surface area (TPSA) is 74.8 Å². The van der Waals surface area contributed by atoms with Crippen LogP contribution >= 0.6 is 11.6 Å². The van der Waals surface area contributed by atoms with Crippen molar-refractivity contribution in [3.05, 3.63) is 53.4 Å². The lowest BCUT2D eigenvalue weighted by molar-refractivity contribution is 0.570. The third-order valence-electron chi connectivity index (χ3n) is 2.88. The van der Waals surface area contributed by atoms with Gasteiger partial charge in [0, 0.05) is 10.4 Å². The average molecular weight is 326 g/mol. The summed E-state index contributed by atoms with van der Waals surface area (Å²) in [7, 11) is -4.06. The summed E-state index contributed by atoms with van der Waals surface area (Å²) in [6.07, 6.45) is 1.62. The van der Waals surface area contributed by atoms with E-state index in [2.05, 4.69) is 14.9 Å². The minimum atomic E-state index is -4.06. The minimum absolute atomic E-state index is 0.140. The molecule has 21 heavy (non-hydrogen) atoms. The summed E-state index contributed by atoms with van der Waals surface area (Å²) in [5.41, 5.74) is 0.966. The van der Waals surface area contributed by atoms with E-state index in [1.807, 2.05) is 0 Å². The molecule has 8 heteroatoms. The maximum Gasteiger partial charge on any atom is 0.264 e. The van der Waals surface area contributed by atoms with E-state index in [1.165, 1.54) is 6.07 Å². The second-order valence-electron chi connectivity index (χ2n) is 4.35. The Labute approximate surface area is 124 Å². The van der Waals surface area contributed by atoms with Crippen LogP contribution in [0, 0.1) is 5.82 Å². The van der Waals surface area contributed by atoms with E-state index in [0.717, 1.165) is 17.5 Å². The largest absolute Gasteiger partial charge is 0.279 e. The molecule has 1 aromatic heterocycles. The number of halogens is 2. The lowest BCUT2D eigenvalue weighted by atomic mass is 10.2. The van der Waals surface area contributed by atoms with Gasteiger partial charge in [0.2, 0.25) is 0 Å². The van der Waals surface area contributed by atoms with Crippen molar-refractivity contribution in [2.75, 3.05) is 4.72 Å². The monoisotopic (exact) mass is 325 g/mol. The van der Waals surface area contributed by atoms with Gasteiger partial charge in [0.1, 0.15) is 10.7 Å². The van der Waals surface area contributed by atoms with Crippen molar-refractivity contribution in [1.82, 2.24) is 10.2 Å². The van der Waals surface area contributed by atoms with Gasteiger partial charge in [-0.05, 0) is 36.4 Å². The van der Waals surface area contributed by atoms with Gasteiger partial charge in [0.25, 0.3) is 10.0 Å². The molecule has 2 N–H and O–H groups in total. The van der Waals surface area contributed by atoms with Gasteiger partial charge in [-0.2, -0.15) is 5.10 Å². The number of nitrogens with one attached hydrogen (secondary N) is 2. The first-order chi connectivity index (χ1) is 9.95. The summed E-state index contributed by atoms with van der Waals surface area (Å²) in [4.78, 5) is -0.500. The van der Waals surface area contributed by atoms with Gasteiger partial charge >= 0.3 is 0 Å². The molecule has 0 saturated carbocycles. The second-order valence-corrected chi connectivity index (χ2v) is 6.44. The number of sulfonamides is 1. The summed E-state index contributed by atoms with van der Waals surface area (Å²) >= 11 is 5.72. The Hall–Kier alpha value is -2.12. The van der Waals surface area contributed by atoms with Crippen LogP contribution in [0.4, 0.5) is 10.1 Å². The van der Waals surface area contributed by atoms with Gasteiger partial charge < -0.3 is 0 Å². The summed E-state index contributed by atoms with van der Waals surface area (Å²) in [6, 6.07) is 8.20. The Morgan fingerprint density at radius 2 is 2.00 bits per heavy atom. The van der Waals surface area contributed by atoms with Crippen LogP contribution in [0.25, 0.3) is 10.9 Å². The molecule has 0 aliphatic carbocycles. The van der Waals surface area contributed by atoms with Crippen LogP contribution < -0.4 is 4.72 Å². The van der Waals surface area contributed by atoms with Crippen LogP contribution in [-0.2, 0) is 10.0 Å². The van der Waals surface area contributed by atoms with E-state index < -0.39 is 20.7 Å². The molecule has 0 fully saturated rings. The Kier molecular flexibility index (Phi) is 3.30. The number of aromatic amines is 1. The predicted octanol–water partition coefficient (Wildman–Crippen LogP) is 3.16. The molecule has 5 nitrogen and oxygen atoms in total. The van der Waals surface area contributed by atoms with Crippen molar-refractivity contribution in [1.29, 1.82) is 0 Å². The molecule has 0 radical (unpaired) electrons. The number of aromatic nitrogens is 2. The molecule has 0 aliphatic rings. The van der Waals surface area contributed by atoms with Crippen LogP contribution in [0.1, 0.15) is 0 Å².